The van der Waals surface area contributed by atoms with Crippen LogP contribution in [0.4, 0.5) is 8.78 Å². The van der Waals surface area contributed by atoms with Crippen molar-refractivity contribution in [3.05, 3.63) is 46.7 Å². The maximum absolute atomic E-state index is 14.1. The number of aliphatic hydroxyl groups is 1. The number of quaternary nitrogens is 1. The van der Waals surface area contributed by atoms with Gasteiger partial charge in [0.15, 0.2) is 11.7 Å². The van der Waals surface area contributed by atoms with Crippen molar-refractivity contribution < 1.29 is 49.7 Å². The molecule has 4 atom stereocenters. The first-order valence-corrected chi connectivity index (χ1v) is 12.8. The zero-order valence-corrected chi connectivity index (χ0v) is 22.0. The summed E-state index contributed by atoms with van der Waals surface area (Å²) in [6.45, 7) is 1.70. The molecule has 8 nitrogen and oxygen atoms in total. The van der Waals surface area contributed by atoms with Gasteiger partial charge in [-0.25, -0.2) is 23.5 Å². The van der Waals surface area contributed by atoms with Crippen LogP contribution in [0.25, 0.3) is 0 Å². The van der Waals surface area contributed by atoms with Crippen LogP contribution in [0.1, 0.15) is 48.7 Å². The molecule has 1 saturated carbocycles. The minimum absolute atomic E-state index is 0. The normalized spacial score (nSPS) is 31.1. The van der Waals surface area contributed by atoms with E-state index in [9.17, 15) is 23.5 Å². The van der Waals surface area contributed by atoms with Crippen molar-refractivity contribution in [2.45, 2.75) is 55.8 Å². The maximum Gasteiger partial charge on any atom is 0.344 e. The van der Waals surface area contributed by atoms with Gasteiger partial charge in [0.1, 0.15) is 18.6 Å². The number of rotatable bonds is 7. The number of aromatic nitrogens is 2. The van der Waals surface area contributed by atoms with Crippen LogP contribution in [-0.2, 0) is 19.9 Å². The highest BCUT2D eigenvalue weighted by molar-refractivity contribution is 7.10. The van der Waals surface area contributed by atoms with E-state index in [2.05, 4.69) is 9.97 Å². The van der Waals surface area contributed by atoms with E-state index in [0.29, 0.717) is 47.5 Å². The Morgan fingerprint density at radius 2 is 2.03 bits per heavy atom. The molecule has 12 heteroatoms. The predicted molar refractivity (Wildman–Crippen MR) is 122 cm³/mol. The number of carbonyl (C=O) groups is 2. The van der Waals surface area contributed by atoms with E-state index in [1.54, 1.807) is 29.8 Å². The lowest BCUT2D eigenvalue weighted by Gasteiger charge is -2.54. The Balaban J connectivity index is 0.00000304. The number of alkyl halides is 2. The summed E-state index contributed by atoms with van der Waals surface area (Å²) in [5.74, 6) is -5.20. The van der Waals surface area contributed by atoms with Gasteiger partial charge in [-0.2, -0.15) is 0 Å². The van der Waals surface area contributed by atoms with E-state index < -0.39 is 47.9 Å². The van der Waals surface area contributed by atoms with Crippen molar-refractivity contribution in [2.24, 2.45) is 17.6 Å². The lowest BCUT2D eigenvalue weighted by molar-refractivity contribution is -0.965. The monoisotopic (exact) mass is 586 g/mol. The number of thiophene rings is 1. The molecule has 5 heterocycles. The third-order valence-electron chi connectivity index (χ3n) is 8.12. The van der Waals surface area contributed by atoms with Crippen LogP contribution in [-0.4, -0.2) is 63.1 Å². The summed E-state index contributed by atoms with van der Waals surface area (Å²) in [6.07, 6.45) is 2.88. The number of carbonyl (C=O) groups excluding carboxylic acids is 2. The molecule has 0 radical (unpaired) electrons. The number of halogens is 3. The lowest BCUT2D eigenvalue weighted by Crippen LogP contribution is -3.00. The van der Waals surface area contributed by atoms with Crippen molar-refractivity contribution in [3.8, 4) is 0 Å². The molecule has 196 valence electrons. The highest BCUT2D eigenvalue weighted by Gasteiger charge is 2.58. The average molecular weight is 587 g/mol. The van der Waals surface area contributed by atoms with Crippen molar-refractivity contribution in [3.63, 3.8) is 0 Å². The van der Waals surface area contributed by atoms with Gasteiger partial charge < -0.3 is 37.0 Å². The van der Waals surface area contributed by atoms with E-state index in [4.69, 9.17) is 10.5 Å². The molecule has 0 aromatic carbocycles. The number of hydrogen-bond donors (Lipinski definition) is 2. The minimum atomic E-state index is -2.92. The second-order valence-electron chi connectivity index (χ2n) is 10.1. The molecule has 3 unspecified atom stereocenters. The average Bonchev–Trinajstić information content (AvgIpc) is 3.50. The second-order valence-corrected chi connectivity index (χ2v) is 11.1. The number of ether oxygens (including phenoxy) is 1. The molecule has 3 aliphatic heterocycles. The van der Waals surface area contributed by atoms with Crippen LogP contribution in [0.15, 0.2) is 36.1 Å². The fraction of sp³-hybridized carbons (Fsp3) is 0.583. The van der Waals surface area contributed by atoms with Gasteiger partial charge in [0, 0.05) is 48.6 Å². The van der Waals surface area contributed by atoms with Crippen LogP contribution in [0.2, 0.25) is 0 Å². The highest BCUT2D eigenvalue weighted by Crippen LogP contribution is 2.50. The fourth-order valence-electron chi connectivity index (χ4n) is 6.32. The summed E-state index contributed by atoms with van der Waals surface area (Å²) in [6, 6.07) is 4.22. The molecule has 2 aromatic rings. The van der Waals surface area contributed by atoms with Gasteiger partial charge in [-0.3, -0.25) is 4.79 Å². The van der Waals surface area contributed by atoms with Gasteiger partial charge in [-0.15, -0.1) is 11.3 Å². The van der Waals surface area contributed by atoms with Gasteiger partial charge >= 0.3 is 5.97 Å². The molecule has 4 fully saturated rings. The molecule has 36 heavy (non-hydrogen) atoms. The van der Waals surface area contributed by atoms with Gasteiger partial charge in [0.05, 0.1) is 13.1 Å². The molecule has 0 spiro atoms. The standard InChI is InChI=1S/C24H28F2N4O4S.BrH/c25-23(26)7-3-16(12-23)24(33,19-2-1-11-35-19)22(32)34-18-13-30(9-5-15(18)6-10-30)20(21(27)31)17-4-8-28-14-29-17;/h1-2,4,8,11,14-16,18,20,33H,3,5-7,9-10,12-13H2,(H-,27,31);1H/t15?,16?,18-,20?,24?,30?;/m0./s1. The van der Waals surface area contributed by atoms with Gasteiger partial charge in [0.2, 0.25) is 12.0 Å². The van der Waals surface area contributed by atoms with Crippen molar-refractivity contribution in [2.75, 3.05) is 19.6 Å². The minimum Gasteiger partial charge on any atom is -1.00 e. The van der Waals surface area contributed by atoms with Crippen molar-refractivity contribution >= 4 is 23.2 Å². The Labute approximate surface area is 222 Å². The Morgan fingerprint density at radius 3 is 2.58 bits per heavy atom. The van der Waals surface area contributed by atoms with Crippen LogP contribution >= 0.6 is 11.3 Å². The largest absolute Gasteiger partial charge is 1.00 e. The molecule has 4 aliphatic rings. The van der Waals surface area contributed by atoms with Gasteiger partial charge in [-0.1, -0.05) is 6.07 Å². The lowest BCUT2D eigenvalue weighted by atomic mass is 9.80. The molecule has 3 saturated heterocycles. The highest BCUT2D eigenvalue weighted by atomic mass is 79.9. The molecule has 1 aliphatic carbocycles. The third kappa shape index (κ3) is 4.68. The molecule has 2 aromatic heterocycles. The number of nitrogens with zero attached hydrogens (tertiary/aromatic N) is 3. The summed E-state index contributed by atoms with van der Waals surface area (Å²) in [7, 11) is 0. The Kier molecular flexibility index (Phi) is 7.53. The Hall–Kier alpha value is -2.02. The summed E-state index contributed by atoms with van der Waals surface area (Å²) in [5.41, 5.74) is 4.21. The van der Waals surface area contributed by atoms with Crippen molar-refractivity contribution in [1.29, 1.82) is 0 Å². The molecule has 2 bridgehead atoms. The molecular weight excluding hydrogens is 558 g/mol. The van der Waals surface area contributed by atoms with E-state index >= 15 is 0 Å². The summed E-state index contributed by atoms with van der Waals surface area (Å²) in [4.78, 5) is 34.6. The first-order valence-electron chi connectivity index (χ1n) is 11.9. The summed E-state index contributed by atoms with van der Waals surface area (Å²) in [5, 5.41) is 13.3. The quantitative estimate of drug-likeness (QED) is 0.335. The van der Waals surface area contributed by atoms with E-state index in [-0.39, 0.29) is 35.7 Å². The number of primary amides is 1. The summed E-state index contributed by atoms with van der Waals surface area (Å²) >= 11 is 1.15. The predicted octanol–water partition coefficient (Wildman–Crippen LogP) is -0.456. The second kappa shape index (κ2) is 10.0. The number of piperidine rings is 3. The Bertz CT molecular complexity index is 1090. The van der Waals surface area contributed by atoms with Crippen LogP contribution in [0, 0.1) is 11.8 Å². The molecule has 1 amide bonds. The molecular formula is C24H29BrF2N4O4S. The zero-order valence-electron chi connectivity index (χ0n) is 19.6. The van der Waals surface area contributed by atoms with Crippen LogP contribution < -0.4 is 22.7 Å². The maximum atomic E-state index is 14.1. The van der Waals surface area contributed by atoms with E-state index in [1.165, 1.54) is 6.33 Å². The number of nitrogens with two attached hydrogens (primary N) is 1. The number of fused-ring (bicyclic) bond motifs is 3. The molecule has 3 N–H and O–H groups in total. The van der Waals surface area contributed by atoms with Gasteiger partial charge in [-0.05, 0) is 23.9 Å². The van der Waals surface area contributed by atoms with Crippen LogP contribution in [0.3, 0.4) is 0 Å². The van der Waals surface area contributed by atoms with E-state index in [0.717, 1.165) is 11.3 Å². The fourth-order valence-corrected chi connectivity index (χ4v) is 7.21. The topological polar surface area (TPSA) is 115 Å². The Morgan fingerprint density at radius 1 is 1.28 bits per heavy atom. The first kappa shape index (κ1) is 27.0. The number of hydrogen-bond acceptors (Lipinski definition) is 7. The first-order chi connectivity index (χ1) is 16.6. The summed E-state index contributed by atoms with van der Waals surface area (Å²) < 4.78 is 34.4. The third-order valence-corrected chi connectivity index (χ3v) is 9.12. The van der Waals surface area contributed by atoms with Gasteiger partial charge in [0.25, 0.3) is 5.91 Å². The van der Waals surface area contributed by atoms with E-state index in [1.807, 2.05) is 0 Å². The zero-order chi connectivity index (χ0) is 24.8. The van der Waals surface area contributed by atoms with Crippen molar-refractivity contribution in [1.82, 2.24) is 9.97 Å². The van der Waals surface area contributed by atoms with Crippen LogP contribution in [0.5, 0.6) is 0 Å². The number of esters is 1. The smallest absolute Gasteiger partial charge is 0.344 e. The molecule has 6 rings (SSSR count). The SMILES string of the molecule is NC(=O)C(c1ccncn1)[N+]12CCC(CC1)[C@@H](OC(=O)C(O)(c1cccs1)C1CCC(F)(F)C1)C2.[Br-]. The number of amides is 1.